The molecule has 0 amide bonds. The SMILES string of the molecule is C=CCn1nc(-c2ccc(C#N)cc2)c2c3cc(C)c(CC)cc3ncc21. The van der Waals surface area contributed by atoms with Crippen LogP contribution < -0.4 is 0 Å². The van der Waals surface area contributed by atoms with Crippen molar-refractivity contribution >= 4 is 21.8 Å². The van der Waals surface area contributed by atoms with Gasteiger partial charge in [0.25, 0.3) is 0 Å². The smallest absolute Gasteiger partial charge is 0.101 e. The Bertz CT molecular complexity index is 1210. The van der Waals surface area contributed by atoms with Crippen LogP contribution in [-0.4, -0.2) is 14.8 Å². The molecule has 0 saturated carbocycles. The lowest BCUT2D eigenvalue weighted by Crippen LogP contribution is -1.97. The van der Waals surface area contributed by atoms with Crippen LogP contribution in [0.2, 0.25) is 0 Å². The van der Waals surface area contributed by atoms with Gasteiger partial charge in [0.15, 0.2) is 0 Å². The first-order valence-electron chi connectivity index (χ1n) is 9.06. The predicted molar refractivity (Wildman–Crippen MR) is 109 cm³/mol. The molecule has 4 heteroatoms. The number of pyridine rings is 1. The minimum Gasteiger partial charge on any atom is -0.259 e. The summed E-state index contributed by atoms with van der Waals surface area (Å²) in [5.41, 5.74) is 7.10. The number of aryl methyl sites for hydroxylation is 2. The van der Waals surface area contributed by atoms with Crippen molar-refractivity contribution in [2.24, 2.45) is 0 Å². The lowest BCUT2D eigenvalue weighted by molar-refractivity contribution is 0.731. The molecule has 0 aliphatic heterocycles. The average Bonchev–Trinajstić information content (AvgIpc) is 3.07. The summed E-state index contributed by atoms with van der Waals surface area (Å²) in [5.74, 6) is 0. The number of benzene rings is 2. The van der Waals surface area contributed by atoms with Gasteiger partial charge in [-0.1, -0.05) is 25.1 Å². The van der Waals surface area contributed by atoms with E-state index in [1.54, 1.807) is 0 Å². The first-order chi connectivity index (χ1) is 13.2. The van der Waals surface area contributed by atoms with Crippen molar-refractivity contribution < 1.29 is 0 Å². The maximum absolute atomic E-state index is 9.08. The van der Waals surface area contributed by atoms with E-state index >= 15 is 0 Å². The van der Waals surface area contributed by atoms with Crippen LogP contribution in [0.3, 0.4) is 0 Å². The second-order valence-electron chi connectivity index (χ2n) is 6.68. The highest BCUT2D eigenvalue weighted by Crippen LogP contribution is 2.34. The number of rotatable bonds is 4. The third-order valence-electron chi connectivity index (χ3n) is 5.01. The van der Waals surface area contributed by atoms with Gasteiger partial charge >= 0.3 is 0 Å². The van der Waals surface area contributed by atoms with Gasteiger partial charge < -0.3 is 0 Å². The summed E-state index contributed by atoms with van der Waals surface area (Å²) in [6, 6.07) is 14.1. The van der Waals surface area contributed by atoms with Gasteiger partial charge in [-0.15, -0.1) is 6.58 Å². The van der Waals surface area contributed by atoms with Crippen molar-refractivity contribution in [1.82, 2.24) is 14.8 Å². The molecule has 4 aromatic rings. The Morgan fingerprint density at radius 2 is 2.00 bits per heavy atom. The van der Waals surface area contributed by atoms with Gasteiger partial charge in [0.2, 0.25) is 0 Å². The molecule has 132 valence electrons. The summed E-state index contributed by atoms with van der Waals surface area (Å²) in [5, 5.41) is 16.1. The summed E-state index contributed by atoms with van der Waals surface area (Å²) in [6.07, 6.45) is 4.72. The summed E-state index contributed by atoms with van der Waals surface area (Å²) >= 11 is 0. The van der Waals surface area contributed by atoms with Crippen LogP contribution in [0.5, 0.6) is 0 Å². The third kappa shape index (κ3) is 2.78. The standard InChI is InChI=1S/C23H20N4/c1-4-10-27-21-14-25-20-12-17(5-2)15(3)11-19(20)22(21)23(26-27)18-8-6-16(13-24)7-9-18/h4,6-9,11-12,14H,1,5,10H2,2-3H3. The first kappa shape index (κ1) is 17.0. The highest BCUT2D eigenvalue weighted by atomic mass is 15.3. The van der Waals surface area contributed by atoms with E-state index in [1.807, 2.05) is 41.2 Å². The Labute approximate surface area is 158 Å². The van der Waals surface area contributed by atoms with Crippen molar-refractivity contribution in [3.63, 3.8) is 0 Å². The summed E-state index contributed by atoms with van der Waals surface area (Å²) in [7, 11) is 0. The van der Waals surface area contributed by atoms with E-state index in [0.29, 0.717) is 12.1 Å². The lowest BCUT2D eigenvalue weighted by Gasteiger charge is -2.08. The Morgan fingerprint density at radius 3 is 2.67 bits per heavy atom. The Kier molecular flexibility index (Phi) is 4.21. The largest absolute Gasteiger partial charge is 0.259 e. The molecule has 0 unspecified atom stereocenters. The van der Waals surface area contributed by atoms with Gasteiger partial charge in [-0.25, -0.2) is 0 Å². The molecule has 2 heterocycles. The van der Waals surface area contributed by atoms with Crippen LogP contribution >= 0.6 is 0 Å². The molecule has 0 radical (unpaired) electrons. The second-order valence-corrected chi connectivity index (χ2v) is 6.68. The number of allylic oxidation sites excluding steroid dienone is 1. The van der Waals surface area contributed by atoms with Gasteiger partial charge in [-0.2, -0.15) is 10.4 Å². The first-order valence-corrected chi connectivity index (χ1v) is 9.06. The number of nitrogens with zero attached hydrogens (tertiary/aromatic N) is 4. The molecule has 0 atom stereocenters. The molecular weight excluding hydrogens is 332 g/mol. The zero-order valence-corrected chi connectivity index (χ0v) is 15.5. The van der Waals surface area contributed by atoms with E-state index in [-0.39, 0.29) is 0 Å². The molecule has 0 aliphatic carbocycles. The normalized spacial score (nSPS) is 11.0. The van der Waals surface area contributed by atoms with Crippen molar-refractivity contribution in [3.05, 3.63) is 71.9 Å². The predicted octanol–water partition coefficient (Wildman–Crippen LogP) is 5.18. The highest BCUT2D eigenvalue weighted by molar-refractivity contribution is 6.11. The monoisotopic (exact) mass is 352 g/mol. The average molecular weight is 352 g/mol. The van der Waals surface area contributed by atoms with Crippen LogP contribution in [0.1, 0.15) is 23.6 Å². The number of hydrogen-bond donors (Lipinski definition) is 0. The number of fused-ring (bicyclic) bond motifs is 3. The number of nitriles is 1. The molecule has 0 aliphatic rings. The fraction of sp³-hybridized carbons (Fsp3) is 0.174. The number of hydrogen-bond acceptors (Lipinski definition) is 3. The topological polar surface area (TPSA) is 54.5 Å². The fourth-order valence-corrected chi connectivity index (χ4v) is 3.60. The molecule has 4 rings (SSSR count). The zero-order chi connectivity index (χ0) is 19.0. The molecule has 0 spiro atoms. The molecule has 2 aromatic heterocycles. The summed E-state index contributed by atoms with van der Waals surface area (Å²) < 4.78 is 1.94. The van der Waals surface area contributed by atoms with E-state index < -0.39 is 0 Å². The molecule has 2 aromatic carbocycles. The van der Waals surface area contributed by atoms with Crippen molar-refractivity contribution in [2.45, 2.75) is 26.8 Å². The van der Waals surface area contributed by atoms with Crippen LogP contribution in [0.25, 0.3) is 33.1 Å². The molecule has 4 nitrogen and oxygen atoms in total. The van der Waals surface area contributed by atoms with E-state index in [0.717, 1.165) is 39.5 Å². The summed E-state index contributed by atoms with van der Waals surface area (Å²) in [6.45, 7) is 8.78. The van der Waals surface area contributed by atoms with Crippen molar-refractivity contribution in [2.75, 3.05) is 0 Å². The van der Waals surface area contributed by atoms with Crippen molar-refractivity contribution in [3.8, 4) is 17.3 Å². The maximum Gasteiger partial charge on any atom is 0.101 e. The van der Waals surface area contributed by atoms with Gasteiger partial charge in [0.05, 0.1) is 35.4 Å². The van der Waals surface area contributed by atoms with Crippen LogP contribution in [0.15, 0.2) is 55.3 Å². The maximum atomic E-state index is 9.08. The van der Waals surface area contributed by atoms with Gasteiger partial charge in [-0.3, -0.25) is 9.67 Å². The molecule has 27 heavy (non-hydrogen) atoms. The fourth-order valence-electron chi connectivity index (χ4n) is 3.60. The van der Waals surface area contributed by atoms with E-state index in [2.05, 4.69) is 38.6 Å². The summed E-state index contributed by atoms with van der Waals surface area (Å²) in [4.78, 5) is 4.70. The van der Waals surface area contributed by atoms with Crippen LogP contribution in [0, 0.1) is 18.3 Å². The van der Waals surface area contributed by atoms with Gasteiger partial charge in [0.1, 0.15) is 5.69 Å². The van der Waals surface area contributed by atoms with E-state index in [1.165, 1.54) is 11.1 Å². The Balaban J connectivity index is 2.08. The molecular formula is C23H20N4. The van der Waals surface area contributed by atoms with E-state index in [4.69, 9.17) is 15.3 Å². The van der Waals surface area contributed by atoms with Crippen LogP contribution in [-0.2, 0) is 13.0 Å². The minimum atomic E-state index is 0.617. The quantitative estimate of drug-likeness (QED) is 0.476. The zero-order valence-electron chi connectivity index (χ0n) is 15.5. The third-order valence-corrected chi connectivity index (χ3v) is 5.01. The molecule has 0 bridgehead atoms. The Hall–Kier alpha value is -3.45. The van der Waals surface area contributed by atoms with Gasteiger partial charge in [-0.05, 0) is 48.7 Å². The van der Waals surface area contributed by atoms with E-state index in [9.17, 15) is 0 Å². The highest BCUT2D eigenvalue weighted by Gasteiger charge is 2.16. The van der Waals surface area contributed by atoms with Crippen LogP contribution in [0.4, 0.5) is 0 Å². The van der Waals surface area contributed by atoms with Crippen molar-refractivity contribution in [1.29, 1.82) is 5.26 Å². The van der Waals surface area contributed by atoms with Gasteiger partial charge in [0, 0.05) is 16.3 Å². The minimum absolute atomic E-state index is 0.617. The molecule has 0 N–H and O–H groups in total. The molecule has 0 saturated heterocycles. The second kappa shape index (κ2) is 6.69. The molecule has 0 fully saturated rings. The lowest BCUT2D eigenvalue weighted by atomic mass is 9.99. The Morgan fingerprint density at radius 1 is 1.22 bits per heavy atom. The number of aromatic nitrogens is 3.